The van der Waals surface area contributed by atoms with E-state index >= 15 is 0 Å². The van der Waals surface area contributed by atoms with E-state index in [4.69, 9.17) is 11.6 Å². The van der Waals surface area contributed by atoms with Crippen LogP contribution >= 0.6 is 11.6 Å². The van der Waals surface area contributed by atoms with Crippen molar-refractivity contribution in [3.8, 4) is 0 Å². The molecule has 1 unspecified atom stereocenters. The second kappa shape index (κ2) is 11.2. The summed E-state index contributed by atoms with van der Waals surface area (Å²) in [6.07, 6.45) is 4.88. The van der Waals surface area contributed by atoms with Crippen molar-refractivity contribution < 1.29 is 9.59 Å². The van der Waals surface area contributed by atoms with Gasteiger partial charge in [-0.15, -0.1) is 0 Å². The molecule has 176 valence electrons. The summed E-state index contributed by atoms with van der Waals surface area (Å²) < 4.78 is 0. The van der Waals surface area contributed by atoms with Crippen LogP contribution in [0.4, 0.5) is 0 Å². The molecule has 0 radical (unpaired) electrons. The van der Waals surface area contributed by atoms with Crippen LogP contribution in [-0.4, -0.2) is 60.9 Å². The molecule has 1 aliphatic heterocycles. The minimum Gasteiger partial charge on any atom is -0.355 e. The largest absolute Gasteiger partial charge is 0.355 e. The summed E-state index contributed by atoms with van der Waals surface area (Å²) in [6.45, 7) is 3.78. The number of likely N-dealkylation sites (N-methyl/N-ethyl adjacent to an activating group) is 1. The summed E-state index contributed by atoms with van der Waals surface area (Å²) in [5.74, 6) is -0.0942. The van der Waals surface area contributed by atoms with E-state index in [0.29, 0.717) is 24.4 Å². The van der Waals surface area contributed by atoms with E-state index in [-0.39, 0.29) is 23.8 Å². The summed E-state index contributed by atoms with van der Waals surface area (Å²) in [5, 5.41) is 3.71. The van der Waals surface area contributed by atoms with Crippen LogP contribution < -0.4 is 5.32 Å². The smallest absolute Gasteiger partial charge is 0.223 e. The Kier molecular flexibility index (Phi) is 8.05. The number of carbonyl (C=O) groups excluding carboxylic acids is 2. The Bertz CT molecular complexity index is 931. The van der Waals surface area contributed by atoms with Gasteiger partial charge in [0.25, 0.3) is 0 Å². The van der Waals surface area contributed by atoms with Gasteiger partial charge in [0.05, 0.1) is 0 Å². The van der Waals surface area contributed by atoms with Crippen molar-refractivity contribution in [2.24, 2.45) is 0 Å². The molecule has 1 atom stereocenters. The van der Waals surface area contributed by atoms with Gasteiger partial charge in [-0.2, -0.15) is 0 Å². The molecule has 33 heavy (non-hydrogen) atoms. The number of hydrogen-bond acceptors (Lipinski definition) is 3. The molecule has 0 bridgehead atoms. The first-order valence-electron chi connectivity index (χ1n) is 12.1. The van der Waals surface area contributed by atoms with Gasteiger partial charge < -0.3 is 15.1 Å². The predicted octanol–water partition coefficient (Wildman–Crippen LogP) is 4.04. The minimum absolute atomic E-state index is 0.00197. The van der Waals surface area contributed by atoms with Crippen LogP contribution in [-0.2, 0) is 22.4 Å². The Balaban J connectivity index is 1.36. The lowest BCUT2D eigenvalue weighted by atomic mass is 9.91. The van der Waals surface area contributed by atoms with Crippen molar-refractivity contribution in [3.63, 3.8) is 0 Å². The van der Waals surface area contributed by atoms with Crippen LogP contribution in [0, 0.1) is 0 Å². The van der Waals surface area contributed by atoms with Crippen LogP contribution in [0.15, 0.2) is 48.5 Å². The first-order chi connectivity index (χ1) is 16.0. The van der Waals surface area contributed by atoms with E-state index in [9.17, 15) is 9.59 Å². The maximum absolute atomic E-state index is 13.3. The van der Waals surface area contributed by atoms with E-state index in [1.54, 1.807) is 0 Å². The Morgan fingerprint density at radius 2 is 1.67 bits per heavy atom. The average Bonchev–Trinajstić information content (AvgIpc) is 3.48. The molecule has 5 nitrogen and oxygen atoms in total. The number of benzene rings is 2. The zero-order chi connectivity index (χ0) is 23.2. The fourth-order valence-electron chi connectivity index (χ4n) is 5.07. The van der Waals surface area contributed by atoms with Crippen LogP contribution in [0.2, 0.25) is 5.02 Å². The molecule has 1 heterocycles. The van der Waals surface area contributed by atoms with E-state index in [1.165, 1.54) is 24.0 Å². The monoisotopic (exact) mass is 467 g/mol. The van der Waals surface area contributed by atoms with Gasteiger partial charge in [0.1, 0.15) is 0 Å². The van der Waals surface area contributed by atoms with Gasteiger partial charge in [-0.3, -0.25) is 9.59 Å². The van der Waals surface area contributed by atoms with Crippen molar-refractivity contribution in [3.05, 3.63) is 70.2 Å². The SMILES string of the molecule is CN(C(=O)CC(CC(=O)NCCN1CCCC1)c1ccc(Cl)cc1)C1Cc2ccccc2C1. The lowest BCUT2D eigenvalue weighted by Crippen LogP contribution is -2.39. The quantitative estimate of drug-likeness (QED) is 0.605. The molecule has 0 saturated carbocycles. The third-order valence-corrected chi connectivity index (χ3v) is 7.37. The lowest BCUT2D eigenvalue weighted by molar-refractivity contribution is -0.132. The molecule has 1 saturated heterocycles. The van der Waals surface area contributed by atoms with Crippen LogP contribution in [0.1, 0.15) is 48.3 Å². The van der Waals surface area contributed by atoms with Crippen LogP contribution in [0.3, 0.4) is 0 Å². The van der Waals surface area contributed by atoms with Gasteiger partial charge in [0.2, 0.25) is 11.8 Å². The van der Waals surface area contributed by atoms with Gasteiger partial charge in [0.15, 0.2) is 0 Å². The maximum Gasteiger partial charge on any atom is 0.223 e. The van der Waals surface area contributed by atoms with Gasteiger partial charge >= 0.3 is 0 Å². The third-order valence-electron chi connectivity index (χ3n) is 7.11. The second-order valence-corrected chi connectivity index (χ2v) is 9.83. The molecule has 1 N–H and O–H groups in total. The molecule has 2 aromatic rings. The topological polar surface area (TPSA) is 52.7 Å². The average molecular weight is 468 g/mol. The van der Waals surface area contributed by atoms with E-state index in [2.05, 4.69) is 34.5 Å². The lowest BCUT2D eigenvalue weighted by Gasteiger charge is -2.27. The van der Waals surface area contributed by atoms with Crippen molar-refractivity contribution in [2.75, 3.05) is 33.2 Å². The number of nitrogens with one attached hydrogen (secondary N) is 1. The van der Waals surface area contributed by atoms with Crippen molar-refractivity contribution in [2.45, 2.75) is 50.5 Å². The van der Waals surface area contributed by atoms with Gasteiger partial charge in [0, 0.05) is 50.0 Å². The fourth-order valence-corrected chi connectivity index (χ4v) is 5.19. The summed E-state index contributed by atoms with van der Waals surface area (Å²) >= 11 is 6.08. The molecule has 2 amide bonds. The molecule has 2 aromatic carbocycles. The van der Waals surface area contributed by atoms with Gasteiger partial charge in [-0.25, -0.2) is 0 Å². The molecule has 0 aromatic heterocycles. The molecular formula is C27H34ClN3O2. The van der Waals surface area contributed by atoms with E-state index in [0.717, 1.165) is 38.0 Å². The van der Waals surface area contributed by atoms with Crippen molar-refractivity contribution in [1.29, 1.82) is 0 Å². The Morgan fingerprint density at radius 1 is 1.03 bits per heavy atom. The highest BCUT2D eigenvalue weighted by Gasteiger charge is 2.29. The zero-order valence-electron chi connectivity index (χ0n) is 19.4. The highest BCUT2D eigenvalue weighted by molar-refractivity contribution is 6.30. The normalized spacial score (nSPS) is 17.0. The molecule has 6 heteroatoms. The molecule has 2 aliphatic rings. The van der Waals surface area contributed by atoms with Gasteiger partial charge in [-0.1, -0.05) is 48.0 Å². The first-order valence-corrected chi connectivity index (χ1v) is 12.4. The molecule has 1 aliphatic carbocycles. The number of nitrogens with zero attached hydrogens (tertiary/aromatic N) is 2. The van der Waals surface area contributed by atoms with E-state index in [1.807, 2.05) is 36.2 Å². The third kappa shape index (κ3) is 6.36. The minimum atomic E-state index is -0.173. The second-order valence-electron chi connectivity index (χ2n) is 9.39. The molecule has 4 rings (SSSR count). The van der Waals surface area contributed by atoms with Crippen molar-refractivity contribution in [1.82, 2.24) is 15.1 Å². The summed E-state index contributed by atoms with van der Waals surface area (Å²) in [6, 6.07) is 16.1. The fraction of sp³-hybridized carbons (Fsp3) is 0.481. The number of fused-ring (bicyclic) bond motifs is 1. The summed E-state index contributed by atoms with van der Waals surface area (Å²) in [7, 11) is 1.90. The number of hydrogen-bond donors (Lipinski definition) is 1. The number of carbonyl (C=O) groups is 2. The predicted molar refractivity (Wildman–Crippen MR) is 133 cm³/mol. The van der Waals surface area contributed by atoms with E-state index < -0.39 is 0 Å². The first kappa shape index (κ1) is 23.8. The van der Waals surface area contributed by atoms with Crippen LogP contribution in [0.25, 0.3) is 0 Å². The maximum atomic E-state index is 13.3. The number of amides is 2. The van der Waals surface area contributed by atoms with Crippen molar-refractivity contribution >= 4 is 23.4 Å². The number of likely N-dealkylation sites (tertiary alicyclic amines) is 1. The number of rotatable bonds is 9. The standard InChI is InChI=1S/C27H34ClN3O2/c1-30(25-16-21-6-2-3-7-22(21)17-25)27(33)19-23(20-8-10-24(28)11-9-20)18-26(32)29-12-15-31-13-4-5-14-31/h2-3,6-11,23,25H,4-5,12-19H2,1H3,(H,29,32). The number of halogens is 1. The highest BCUT2D eigenvalue weighted by atomic mass is 35.5. The zero-order valence-corrected chi connectivity index (χ0v) is 20.2. The molecule has 0 spiro atoms. The molecule has 1 fully saturated rings. The van der Waals surface area contributed by atoms with Gasteiger partial charge in [-0.05, 0) is 67.6 Å². The summed E-state index contributed by atoms with van der Waals surface area (Å²) in [5.41, 5.74) is 3.63. The highest BCUT2D eigenvalue weighted by Crippen LogP contribution is 2.29. The molecular weight excluding hydrogens is 434 g/mol. The Labute approximate surface area is 202 Å². The van der Waals surface area contributed by atoms with Crippen LogP contribution in [0.5, 0.6) is 0 Å². The summed E-state index contributed by atoms with van der Waals surface area (Å²) in [4.78, 5) is 30.3. The Hall–Kier alpha value is -2.37. The Morgan fingerprint density at radius 3 is 2.30 bits per heavy atom.